The average molecular weight is 421 g/mol. The quantitative estimate of drug-likeness (QED) is 0.703. The van der Waals surface area contributed by atoms with Crippen LogP contribution in [0.5, 0.6) is 0 Å². The van der Waals surface area contributed by atoms with E-state index in [-0.39, 0.29) is 11.8 Å². The van der Waals surface area contributed by atoms with Gasteiger partial charge < -0.3 is 10.6 Å². The summed E-state index contributed by atoms with van der Waals surface area (Å²) in [5, 5.41) is 5.71. The van der Waals surface area contributed by atoms with Crippen molar-refractivity contribution >= 4 is 45.2 Å². The van der Waals surface area contributed by atoms with Crippen LogP contribution < -0.4 is 10.6 Å². The van der Waals surface area contributed by atoms with Crippen molar-refractivity contribution in [1.29, 1.82) is 0 Å². The zero-order chi connectivity index (χ0) is 18.2. The number of benzene rings is 2. The summed E-state index contributed by atoms with van der Waals surface area (Å²) in [5.41, 5.74) is 2.34. The van der Waals surface area contributed by atoms with Crippen molar-refractivity contribution in [2.24, 2.45) is 0 Å². The molecular weight excluding hydrogens is 400 g/mol. The summed E-state index contributed by atoms with van der Waals surface area (Å²) in [5.74, 6) is 0.334. The van der Waals surface area contributed by atoms with Gasteiger partial charge in [-0.05, 0) is 61.8 Å². The second kappa shape index (κ2) is 9.63. The lowest BCUT2D eigenvalue weighted by atomic mass is 10.1. The maximum absolute atomic E-state index is 12.6. The molecule has 0 unspecified atom stereocenters. The van der Waals surface area contributed by atoms with Crippen LogP contribution in [0.3, 0.4) is 0 Å². The van der Waals surface area contributed by atoms with E-state index in [1.54, 1.807) is 23.9 Å². The highest BCUT2D eigenvalue weighted by molar-refractivity contribution is 9.10. The highest BCUT2D eigenvalue weighted by Crippen LogP contribution is 2.15. The lowest BCUT2D eigenvalue weighted by Crippen LogP contribution is -2.44. The first-order valence-corrected chi connectivity index (χ1v) is 10.1. The van der Waals surface area contributed by atoms with Crippen molar-refractivity contribution in [3.63, 3.8) is 0 Å². The Morgan fingerprint density at radius 1 is 1.08 bits per heavy atom. The fourth-order valence-corrected chi connectivity index (χ4v) is 2.95. The zero-order valence-corrected chi connectivity index (χ0v) is 16.6. The molecular formula is C19H21BrN2O2S. The van der Waals surface area contributed by atoms with Crippen LogP contribution in [0.15, 0.2) is 53.0 Å². The Bertz CT molecular complexity index is 717. The van der Waals surface area contributed by atoms with Gasteiger partial charge >= 0.3 is 0 Å². The molecule has 1 atom stereocenters. The van der Waals surface area contributed by atoms with Gasteiger partial charge in [-0.3, -0.25) is 9.59 Å². The van der Waals surface area contributed by atoms with Crippen LogP contribution in [0.2, 0.25) is 0 Å². The second-order valence-electron chi connectivity index (χ2n) is 5.67. The van der Waals surface area contributed by atoms with E-state index >= 15 is 0 Å². The standard InChI is InChI=1S/C19H21BrN2O2S/c1-13-3-5-14(6-4-13)18(23)22-17(11-12-25-2)19(24)21-16-9-7-15(20)8-10-16/h3-10,17H,11-12H2,1-2H3,(H,21,24)(H,22,23)/t17-/m1/s1. The minimum Gasteiger partial charge on any atom is -0.340 e. The molecule has 0 spiro atoms. The van der Waals surface area contributed by atoms with Gasteiger partial charge in [0.15, 0.2) is 0 Å². The summed E-state index contributed by atoms with van der Waals surface area (Å²) in [4.78, 5) is 25.0. The molecule has 0 heterocycles. The first-order valence-electron chi connectivity index (χ1n) is 7.92. The maximum Gasteiger partial charge on any atom is 0.251 e. The third-order valence-electron chi connectivity index (χ3n) is 3.66. The van der Waals surface area contributed by atoms with E-state index in [9.17, 15) is 9.59 Å². The number of hydrogen-bond acceptors (Lipinski definition) is 3. The van der Waals surface area contributed by atoms with Gasteiger partial charge in [0.25, 0.3) is 5.91 Å². The van der Waals surface area contributed by atoms with Gasteiger partial charge in [0.1, 0.15) is 6.04 Å². The number of amides is 2. The predicted octanol–water partition coefficient (Wildman–Crippen LogP) is 4.25. The van der Waals surface area contributed by atoms with E-state index in [1.165, 1.54) is 0 Å². The largest absolute Gasteiger partial charge is 0.340 e. The molecule has 132 valence electrons. The molecule has 0 saturated carbocycles. The number of carbonyl (C=O) groups is 2. The molecule has 0 aromatic heterocycles. The molecule has 6 heteroatoms. The van der Waals surface area contributed by atoms with Gasteiger partial charge in [-0.15, -0.1) is 0 Å². The van der Waals surface area contributed by atoms with Crippen molar-refractivity contribution in [2.75, 3.05) is 17.3 Å². The minimum atomic E-state index is -0.579. The normalized spacial score (nSPS) is 11.6. The second-order valence-corrected chi connectivity index (χ2v) is 7.57. The van der Waals surface area contributed by atoms with Gasteiger partial charge in [0, 0.05) is 15.7 Å². The molecule has 0 aliphatic heterocycles. The number of carbonyl (C=O) groups excluding carboxylic acids is 2. The van der Waals surface area contributed by atoms with Crippen LogP contribution in [0, 0.1) is 6.92 Å². The number of hydrogen-bond donors (Lipinski definition) is 2. The van der Waals surface area contributed by atoms with Crippen molar-refractivity contribution in [3.8, 4) is 0 Å². The smallest absolute Gasteiger partial charge is 0.251 e. The number of anilines is 1. The number of rotatable bonds is 7. The van der Waals surface area contributed by atoms with Crippen LogP contribution in [0.1, 0.15) is 22.3 Å². The molecule has 0 fully saturated rings. The molecule has 4 nitrogen and oxygen atoms in total. The Balaban J connectivity index is 2.06. The summed E-state index contributed by atoms with van der Waals surface area (Å²) < 4.78 is 0.942. The lowest BCUT2D eigenvalue weighted by Gasteiger charge is -2.18. The average Bonchev–Trinajstić information content (AvgIpc) is 2.61. The summed E-state index contributed by atoms with van der Waals surface area (Å²) in [6, 6.07) is 14.1. The van der Waals surface area contributed by atoms with E-state index < -0.39 is 6.04 Å². The molecule has 2 N–H and O–H groups in total. The van der Waals surface area contributed by atoms with Crippen LogP contribution >= 0.6 is 27.7 Å². The predicted molar refractivity (Wildman–Crippen MR) is 108 cm³/mol. The summed E-state index contributed by atoms with van der Waals surface area (Å²) in [6.45, 7) is 1.97. The van der Waals surface area contributed by atoms with Crippen molar-refractivity contribution in [3.05, 3.63) is 64.1 Å². The summed E-state index contributed by atoms with van der Waals surface area (Å²) in [7, 11) is 0. The van der Waals surface area contributed by atoms with Crippen LogP contribution in [-0.4, -0.2) is 29.9 Å². The SMILES string of the molecule is CSCC[C@@H](NC(=O)c1ccc(C)cc1)C(=O)Nc1ccc(Br)cc1. The Hall–Kier alpha value is -1.79. The molecule has 0 aliphatic rings. The monoisotopic (exact) mass is 420 g/mol. The minimum absolute atomic E-state index is 0.211. The number of thioether (sulfide) groups is 1. The highest BCUT2D eigenvalue weighted by Gasteiger charge is 2.21. The first-order chi connectivity index (χ1) is 12.0. The zero-order valence-electron chi connectivity index (χ0n) is 14.2. The van der Waals surface area contributed by atoms with Gasteiger partial charge in [-0.25, -0.2) is 0 Å². The van der Waals surface area contributed by atoms with Gasteiger partial charge in [0.2, 0.25) is 5.91 Å². The maximum atomic E-state index is 12.6. The van der Waals surface area contributed by atoms with E-state index in [0.717, 1.165) is 15.8 Å². The summed E-state index contributed by atoms with van der Waals surface area (Å²) in [6.07, 6.45) is 2.55. The molecule has 2 rings (SSSR count). The van der Waals surface area contributed by atoms with Crippen molar-refractivity contribution in [2.45, 2.75) is 19.4 Å². The van der Waals surface area contributed by atoms with Crippen LogP contribution in [0.4, 0.5) is 5.69 Å². The molecule has 0 saturated heterocycles. The van der Waals surface area contributed by atoms with Crippen LogP contribution in [-0.2, 0) is 4.79 Å². The van der Waals surface area contributed by atoms with E-state index in [0.29, 0.717) is 17.7 Å². The fraction of sp³-hybridized carbons (Fsp3) is 0.263. The number of halogens is 1. The van der Waals surface area contributed by atoms with Crippen LogP contribution in [0.25, 0.3) is 0 Å². The molecule has 2 amide bonds. The fourth-order valence-electron chi connectivity index (χ4n) is 2.21. The van der Waals surface area contributed by atoms with Crippen molar-refractivity contribution < 1.29 is 9.59 Å². The van der Waals surface area contributed by atoms with Gasteiger partial charge in [-0.1, -0.05) is 33.6 Å². The molecule has 2 aromatic carbocycles. The van der Waals surface area contributed by atoms with E-state index in [2.05, 4.69) is 26.6 Å². The number of aryl methyl sites for hydroxylation is 1. The topological polar surface area (TPSA) is 58.2 Å². The Labute approximate surface area is 160 Å². The molecule has 0 radical (unpaired) electrons. The molecule has 0 aliphatic carbocycles. The van der Waals surface area contributed by atoms with Crippen molar-refractivity contribution in [1.82, 2.24) is 5.32 Å². The third kappa shape index (κ3) is 6.21. The Morgan fingerprint density at radius 3 is 2.32 bits per heavy atom. The summed E-state index contributed by atoms with van der Waals surface area (Å²) >= 11 is 5.01. The molecule has 2 aromatic rings. The van der Waals surface area contributed by atoms with Gasteiger partial charge in [0.05, 0.1) is 0 Å². The Kier molecular flexibility index (Phi) is 7.52. The highest BCUT2D eigenvalue weighted by atomic mass is 79.9. The third-order valence-corrected chi connectivity index (χ3v) is 4.83. The Morgan fingerprint density at radius 2 is 1.72 bits per heavy atom. The molecule has 0 bridgehead atoms. The van der Waals surface area contributed by atoms with E-state index in [4.69, 9.17) is 0 Å². The van der Waals surface area contributed by atoms with E-state index in [1.807, 2.05) is 49.6 Å². The number of nitrogens with one attached hydrogen (secondary N) is 2. The molecule has 25 heavy (non-hydrogen) atoms. The first kappa shape index (κ1) is 19.5. The van der Waals surface area contributed by atoms with Gasteiger partial charge in [-0.2, -0.15) is 11.8 Å². The lowest BCUT2D eigenvalue weighted by molar-refractivity contribution is -0.118.